The Balaban J connectivity index is 1.81. The molecule has 9 heteroatoms. The number of carboxylic acids is 1. The minimum absolute atomic E-state index is 0.00955. The average Bonchev–Trinajstić information content (AvgIpc) is 3.43. The van der Waals surface area contributed by atoms with Crippen LogP contribution in [-0.4, -0.2) is 78.9 Å². The van der Waals surface area contributed by atoms with Gasteiger partial charge in [0.25, 0.3) is 0 Å². The molecule has 6 atom stereocenters. The number of quaternary nitrogens is 1. The van der Waals surface area contributed by atoms with Crippen LogP contribution in [0.2, 0.25) is 0 Å². The molecule has 0 aromatic carbocycles. The van der Waals surface area contributed by atoms with Crippen LogP contribution in [-0.2, 0) is 29.0 Å². The number of fused-ring (bicyclic) bond motifs is 2. The van der Waals surface area contributed by atoms with E-state index in [2.05, 4.69) is 42.2 Å². The second-order valence-corrected chi connectivity index (χ2v) is 11.0. The third kappa shape index (κ3) is 12.0. The summed E-state index contributed by atoms with van der Waals surface area (Å²) in [6.45, 7) is 2.53. The Morgan fingerprint density at radius 2 is 1.79 bits per heavy atom. The maximum absolute atomic E-state index is 12.3. The molecule has 6 unspecified atom stereocenters. The fourth-order valence-electron chi connectivity index (χ4n) is 4.86. The fourth-order valence-corrected chi connectivity index (χ4v) is 4.86. The number of nitrogens with zero attached hydrogens (tertiary/aromatic N) is 1. The van der Waals surface area contributed by atoms with Gasteiger partial charge in [-0.25, -0.2) is 14.7 Å². The average molecular weight is 537 g/mol. The van der Waals surface area contributed by atoms with Crippen LogP contribution in [0.4, 0.5) is 0 Å². The molecule has 1 saturated heterocycles. The number of likely N-dealkylation sites (N-methyl/N-ethyl adjacent to an activating group) is 1. The van der Waals surface area contributed by atoms with E-state index in [-0.39, 0.29) is 36.9 Å². The van der Waals surface area contributed by atoms with Gasteiger partial charge in [-0.2, -0.15) is 0 Å². The molecule has 9 nitrogen and oxygen atoms in total. The van der Waals surface area contributed by atoms with Crippen molar-refractivity contribution >= 4 is 11.9 Å². The monoisotopic (exact) mass is 536 g/mol. The molecule has 214 valence electrons. The number of esters is 1. The highest BCUT2D eigenvalue weighted by atomic mass is 17.2. The molecule has 1 heterocycles. The SMILES string of the molecule is CC/C=C/C/C=C\CC(/C=C/C1C2CC(OO2)C1C/C=C/CCC(=O)OC(CC(=O)O)C[N+](C)(C)C)OO. The van der Waals surface area contributed by atoms with Crippen LogP contribution in [0.15, 0.2) is 48.6 Å². The summed E-state index contributed by atoms with van der Waals surface area (Å²) >= 11 is 0. The van der Waals surface area contributed by atoms with Crippen molar-refractivity contribution in [2.24, 2.45) is 11.8 Å². The quantitative estimate of drug-likeness (QED) is 0.0840. The summed E-state index contributed by atoms with van der Waals surface area (Å²) < 4.78 is 5.95. The smallest absolute Gasteiger partial charge is 0.307 e. The van der Waals surface area contributed by atoms with Gasteiger partial charge in [-0.3, -0.25) is 14.8 Å². The van der Waals surface area contributed by atoms with Crippen LogP contribution >= 0.6 is 0 Å². The number of hydrogen-bond acceptors (Lipinski definition) is 7. The van der Waals surface area contributed by atoms with Crippen LogP contribution in [0, 0.1) is 11.8 Å². The molecule has 2 rings (SSSR count). The predicted octanol–water partition coefficient (Wildman–Crippen LogP) is 4.86. The lowest BCUT2D eigenvalue weighted by Crippen LogP contribution is -2.43. The van der Waals surface area contributed by atoms with Gasteiger partial charge >= 0.3 is 11.9 Å². The first-order valence-electron chi connectivity index (χ1n) is 13.6. The minimum atomic E-state index is -0.981. The molecule has 2 fully saturated rings. The molecule has 0 spiro atoms. The Labute approximate surface area is 226 Å². The maximum atomic E-state index is 12.3. The highest BCUT2D eigenvalue weighted by Gasteiger charge is 2.49. The number of carbonyl (C=O) groups excluding carboxylic acids is 1. The molecule has 38 heavy (non-hydrogen) atoms. The van der Waals surface area contributed by atoms with E-state index in [0.29, 0.717) is 23.9 Å². The number of aliphatic carboxylic acids is 1. The Morgan fingerprint density at radius 1 is 1.05 bits per heavy atom. The minimum Gasteiger partial charge on any atom is -0.481 e. The van der Waals surface area contributed by atoms with E-state index < -0.39 is 24.1 Å². The van der Waals surface area contributed by atoms with Crippen molar-refractivity contribution in [2.45, 2.75) is 82.7 Å². The number of hydrogen-bond donors (Lipinski definition) is 2. The summed E-state index contributed by atoms with van der Waals surface area (Å²) in [5.74, 6) is -1.00. The molecule has 0 aromatic heterocycles. The zero-order chi connectivity index (χ0) is 28.0. The molecular formula is C29H46NO8+. The second kappa shape index (κ2) is 16.6. The van der Waals surface area contributed by atoms with Crippen LogP contribution in [0.5, 0.6) is 0 Å². The molecule has 0 amide bonds. The highest BCUT2D eigenvalue weighted by Crippen LogP contribution is 2.45. The lowest BCUT2D eigenvalue weighted by atomic mass is 9.89. The first-order valence-corrected chi connectivity index (χ1v) is 13.6. The van der Waals surface area contributed by atoms with Crippen molar-refractivity contribution < 1.29 is 43.8 Å². The standard InChI is InChI=1S/C29H45NO8/c1-5-6-7-8-9-11-14-22(36-34)17-18-25-24(26-20-27(25)38-37-26)15-12-10-13-16-29(33)35-23(19-28(31)32)21-30(2,3)4/h6-7,9-12,17-18,22-27H,5,8,13-16,19-21H2,1-4H3,(H-,31,32,34)/p+1/b7-6+,11-9-,12-10+,18-17+. The van der Waals surface area contributed by atoms with Gasteiger partial charge in [0.1, 0.15) is 18.8 Å². The van der Waals surface area contributed by atoms with Gasteiger partial charge in [-0.1, -0.05) is 55.5 Å². The van der Waals surface area contributed by atoms with Gasteiger partial charge in [-0.05, 0) is 32.1 Å². The van der Waals surface area contributed by atoms with Gasteiger partial charge in [-0.15, -0.1) is 0 Å². The van der Waals surface area contributed by atoms with Crippen molar-refractivity contribution in [3.63, 3.8) is 0 Å². The summed E-state index contributed by atoms with van der Waals surface area (Å²) in [6, 6.07) is 0. The normalized spacial score (nSPS) is 25.3. The van der Waals surface area contributed by atoms with Crippen molar-refractivity contribution in [2.75, 3.05) is 27.7 Å². The number of allylic oxidation sites excluding steroid dienone is 5. The number of rotatable bonds is 18. The van der Waals surface area contributed by atoms with Gasteiger partial charge in [0.05, 0.1) is 33.7 Å². The van der Waals surface area contributed by atoms with Crippen molar-refractivity contribution in [1.82, 2.24) is 0 Å². The Kier molecular flexibility index (Phi) is 14.0. The fraction of sp³-hybridized carbons (Fsp3) is 0.655. The van der Waals surface area contributed by atoms with E-state index >= 15 is 0 Å². The van der Waals surface area contributed by atoms with Crippen molar-refractivity contribution in [3.05, 3.63) is 48.6 Å². The lowest BCUT2D eigenvalue weighted by Gasteiger charge is -2.28. The number of carboxylic acid groups (broad SMARTS) is 1. The largest absolute Gasteiger partial charge is 0.481 e. The lowest BCUT2D eigenvalue weighted by molar-refractivity contribution is -0.873. The molecule has 2 aliphatic rings. The van der Waals surface area contributed by atoms with Gasteiger partial charge < -0.3 is 14.3 Å². The third-order valence-corrected chi connectivity index (χ3v) is 6.60. The van der Waals surface area contributed by atoms with Crippen LogP contribution in [0.1, 0.15) is 58.3 Å². The van der Waals surface area contributed by atoms with E-state index in [0.717, 1.165) is 25.7 Å². The molecule has 1 saturated carbocycles. The summed E-state index contributed by atoms with van der Waals surface area (Å²) in [5, 5.41) is 18.4. The van der Waals surface area contributed by atoms with Crippen molar-refractivity contribution in [3.8, 4) is 0 Å². The zero-order valence-electron chi connectivity index (χ0n) is 23.2. The first kappa shape index (κ1) is 31.9. The summed E-state index contributed by atoms with van der Waals surface area (Å²) in [5.41, 5.74) is 0. The molecule has 1 aliphatic carbocycles. The first-order chi connectivity index (χ1) is 18.1. The predicted molar refractivity (Wildman–Crippen MR) is 144 cm³/mol. The molecule has 0 radical (unpaired) electrons. The van der Waals surface area contributed by atoms with Gasteiger partial charge in [0.15, 0.2) is 6.10 Å². The molecule has 2 N–H and O–H groups in total. The molecule has 2 bridgehead atoms. The van der Waals surface area contributed by atoms with E-state index in [9.17, 15) is 14.8 Å². The van der Waals surface area contributed by atoms with Crippen LogP contribution in [0.3, 0.4) is 0 Å². The van der Waals surface area contributed by atoms with Gasteiger partial charge in [0, 0.05) is 24.7 Å². The highest BCUT2D eigenvalue weighted by molar-refractivity contribution is 5.71. The Bertz CT molecular complexity index is 844. The van der Waals surface area contributed by atoms with E-state index in [1.165, 1.54) is 0 Å². The Hall–Kier alpha value is -2.30. The zero-order valence-corrected chi connectivity index (χ0v) is 23.2. The molecular weight excluding hydrogens is 490 g/mol. The summed E-state index contributed by atoms with van der Waals surface area (Å²) in [7, 11) is 5.79. The summed E-state index contributed by atoms with van der Waals surface area (Å²) in [4.78, 5) is 38.9. The molecule has 1 aliphatic heterocycles. The van der Waals surface area contributed by atoms with E-state index in [1.807, 2.05) is 39.4 Å². The Morgan fingerprint density at radius 3 is 2.47 bits per heavy atom. The number of carbonyl (C=O) groups is 2. The van der Waals surface area contributed by atoms with Crippen LogP contribution < -0.4 is 0 Å². The van der Waals surface area contributed by atoms with E-state index in [1.54, 1.807) is 0 Å². The molecule has 0 aromatic rings. The van der Waals surface area contributed by atoms with Crippen molar-refractivity contribution in [1.29, 1.82) is 0 Å². The number of ether oxygens (including phenoxy) is 1. The van der Waals surface area contributed by atoms with E-state index in [4.69, 9.17) is 19.6 Å². The van der Waals surface area contributed by atoms with Crippen LogP contribution in [0.25, 0.3) is 0 Å². The topological polar surface area (TPSA) is 112 Å². The van der Waals surface area contributed by atoms with Gasteiger partial charge in [0.2, 0.25) is 0 Å². The summed E-state index contributed by atoms with van der Waals surface area (Å²) in [6.07, 6.45) is 19.7. The maximum Gasteiger partial charge on any atom is 0.307 e. The third-order valence-electron chi connectivity index (χ3n) is 6.60. The second-order valence-electron chi connectivity index (χ2n) is 11.0.